The summed E-state index contributed by atoms with van der Waals surface area (Å²) in [5.41, 5.74) is 5.81. The van der Waals surface area contributed by atoms with Gasteiger partial charge in [-0.1, -0.05) is 44.2 Å². The summed E-state index contributed by atoms with van der Waals surface area (Å²) in [5, 5.41) is 0. The second kappa shape index (κ2) is 7.59. The number of benzene rings is 1. The van der Waals surface area contributed by atoms with Crippen LogP contribution in [-0.4, -0.2) is 14.0 Å². The summed E-state index contributed by atoms with van der Waals surface area (Å²) in [7, 11) is 0. The van der Waals surface area contributed by atoms with Gasteiger partial charge in [-0.3, -0.25) is 13.8 Å². The predicted octanol–water partition coefficient (Wildman–Crippen LogP) is 4.80. The molecule has 0 N–H and O–H groups in total. The van der Waals surface area contributed by atoms with Crippen molar-refractivity contribution in [2.24, 2.45) is 0 Å². The van der Waals surface area contributed by atoms with Gasteiger partial charge in [-0.25, -0.2) is 4.98 Å². The molecule has 0 atom stereocenters. The molecule has 29 heavy (non-hydrogen) atoms. The summed E-state index contributed by atoms with van der Waals surface area (Å²) in [5.74, 6) is 1.08. The lowest BCUT2D eigenvalue weighted by Crippen LogP contribution is -2.16. The third-order valence-electron chi connectivity index (χ3n) is 5.31. The molecule has 0 fully saturated rings. The van der Waals surface area contributed by atoms with Crippen molar-refractivity contribution in [3.8, 4) is 11.4 Å². The quantitative estimate of drug-likeness (QED) is 0.494. The Kier molecular flexibility index (Phi) is 4.97. The Morgan fingerprint density at radius 2 is 1.83 bits per heavy atom. The van der Waals surface area contributed by atoms with Gasteiger partial charge in [-0.05, 0) is 37.0 Å². The number of pyridine rings is 2. The molecule has 0 bridgehead atoms. The number of hydrogen-bond donors (Lipinski definition) is 0. The zero-order chi connectivity index (χ0) is 20.5. The van der Waals surface area contributed by atoms with Crippen LogP contribution in [0.5, 0.6) is 5.75 Å². The van der Waals surface area contributed by atoms with Gasteiger partial charge in [0.25, 0.3) is 5.56 Å². The highest BCUT2D eigenvalue weighted by atomic mass is 16.5. The summed E-state index contributed by atoms with van der Waals surface area (Å²) in [6.45, 7) is 8.81. The summed E-state index contributed by atoms with van der Waals surface area (Å²) in [4.78, 5) is 17.0. The van der Waals surface area contributed by atoms with Gasteiger partial charge < -0.3 is 4.74 Å². The molecule has 148 valence electrons. The van der Waals surface area contributed by atoms with E-state index >= 15 is 0 Å². The molecule has 0 spiro atoms. The second-order valence-corrected chi connectivity index (χ2v) is 7.59. The van der Waals surface area contributed by atoms with Gasteiger partial charge in [0.1, 0.15) is 6.61 Å². The SMILES string of the molecule is Cc1nc2c(OCc3ccccc3C(C)C)cc(-n3ccccc3=O)cn2c1C. The van der Waals surface area contributed by atoms with Crippen LogP contribution in [-0.2, 0) is 6.61 Å². The molecule has 3 aromatic heterocycles. The maximum Gasteiger partial charge on any atom is 0.255 e. The Labute approximate surface area is 170 Å². The Balaban J connectivity index is 1.80. The molecule has 0 amide bonds. The van der Waals surface area contributed by atoms with Crippen LogP contribution in [0.25, 0.3) is 11.3 Å². The van der Waals surface area contributed by atoms with E-state index in [1.54, 1.807) is 22.9 Å². The first kappa shape index (κ1) is 19.0. The van der Waals surface area contributed by atoms with Crippen molar-refractivity contribution in [3.05, 3.63) is 93.8 Å². The molecule has 4 aromatic rings. The summed E-state index contributed by atoms with van der Waals surface area (Å²) in [6.07, 6.45) is 3.70. The molecule has 0 radical (unpaired) electrons. The molecular weight excluding hydrogens is 362 g/mol. The number of rotatable bonds is 5. The number of imidazole rings is 1. The highest BCUT2D eigenvalue weighted by molar-refractivity contribution is 5.60. The molecule has 5 nitrogen and oxygen atoms in total. The standard InChI is InChI=1S/C24H25N3O2/c1-16(2)21-10-6-5-9-19(21)15-29-22-13-20(26-12-8-7-11-23(26)28)14-27-18(4)17(3)25-24(22)27/h5-14,16H,15H2,1-4H3. The van der Waals surface area contributed by atoms with E-state index in [-0.39, 0.29) is 5.56 Å². The fourth-order valence-corrected chi connectivity index (χ4v) is 3.59. The van der Waals surface area contributed by atoms with E-state index < -0.39 is 0 Å². The van der Waals surface area contributed by atoms with Crippen molar-refractivity contribution in [2.75, 3.05) is 0 Å². The minimum Gasteiger partial charge on any atom is -0.485 e. The molecule has 0 saturated heterocycles. The maximum atomic E-state index is 12.4. The van der Waals surface area contributed by atoms with Crippen LogP contribution >= 0.6 is 0 Å². The topological polar surface area (TPSA) is 48.5 Å². The Hall–Kier alpha value is -3.34. The van der Waals surface area contributed by atoms with E-state index in [0.29, 0.717) is 18.3 Å². The van der Waals surface area contributed by atoms with E-state index in [9.17, 15) is 4.79 Å². The number of aryl methyl sites for hydroxylation is 2. The first-order valence-corrected chi connectivity index (χ1v) is 9.83. The molecule has 0 saturated carbocycles. The number of hydrogen-bond acceptors (Lipinski definition) is 3. The molecule has 0 aliphatic carbocycles. The number of aromatic nitrogens is 3. The molecule has 5 heteroatoms. The maximum absolute atomic E-state index is 12.4. The predicted molar refractivity (Wildman–Crippen MR) is 115 cm³/mol. The Bertz CT molecular complexity index is 1230. The zero-order valence-corrected chi connectivity index (χ0v) is 17.2. The summed E-state index contributed by atoms with van der Waals surface area (Å²) < 4.78 is 9.88. The number of nitrogens with zero attached hydrogens (tertiary/aromatic N) is 3. The van der Waals surface area contributed by atoms with Gasteiger partial charge in [0.2, 0.25) is 0 Å². The van der Waals surface area contributed by atoms with Crippen molar-refractivity contribution in [1.29, 1.82) is 0 Å². The van der Waals surface area contributed by atoms with Crippen molar-refractivity contribution in [1.82, 2.24) is 14.0 Å². The van der Waals surface area contributed by atoms with Gasteiger partial charge >= 0.3 is 0 Å². The largest absolute Gasteiger partial charge is 0.485 e. The highest BCUT2D eigenvalue weighted by Crippen LogP contribution is 2.27. The minimum atomic E-state index is -0.0857. The average Bonchev–Trinajstić information content (AvgIpc) is 3.01. The molecule has 0 aliphatic heterocycles. The molecule has 1 aromatic carbocycles. The van der Waals surface area contributed by atoms with Crippen molar-refractivity contribution < 1.29 is 4.74 Å². The third kappa shape index (κ3) is 3.56. The highest BCUT2D eigenvalue weighted by Gasteiger charge is 2.14. The van der Waals surface area contributed by atoms with Gasteiger partial charge in [-0.2, -0.15) is 0 Å². The summed E-state index contributed by atoms with van der Waals surface area (Å²) >= 11 is 0. The van der Waals surface area contributed by atoms with Crippen LogP contribution in [0, 0.1) is 13.8 Å². The van der Waals surface area contributed by atoms with Crippen molar-refractivity contribution in [2.45, 2.75) is 40.2 Å². The van der Waals surface area contributed by atoms with E-state index in [4.69, 9.17) is 9.72 Å². The lowest BCUT2D eigenvalue weighted by molar-refractivity contribution is 0.306. The fourth-order valence-electron chi connectivity index (χ4n) is 3.59. The van der Waals surface area contributed by atoms with Crippen LogP contribution in [0.2, 0.25) is 0 Å². The first-order valence-electron chi connectivity index (χ1n) is 9.83. The van der Waals surface area contributed by atoms with Crippen LogP contribution in [0.1, 0.15) is 42.3 Å². The number of ether oxygens (including phenoxy) is 1. The number of fused-ring (bicyclic) bond motifs is 1. The van der Waals surface area contributed by atoms with Gasteiger partial charge in [0, 0.05) is 30.2 Å². The van der Waals surface area contributed by atoms with Crippen molar-refractivity contribution >= 4 is 5.65 Å². The monoisotopic (exact) mass is 387 g/mol. The lowest BCUT2D eigenvalue weighted by Gasteiger charge is -2.15. The Morgan fingerprint density at radius 1 is 1.07 bits per heavy atom. The fraction of sp³-hybridized carbons (Fsp3) is 0.250. The molecule has 4 rings (SSSR count). The first-order chi connectivity index (χ1) is 14.0. The molecular formula is C24H25N3O2. The molecule has 0 aliphatic rings. The average molecular weight is 387 g/mol. The van der Waals surface area contributed by atoms with Crippen molar-refractivity contribution in [3.63, 3.8) is 0 Å². The van der Waals surface area contributed by atoms with Gasteiger partial charge in [0.15, 0.2) is 11.4 Å². The van der Waals surface area contributed by atoms with E-state index in [0.717, 1.165) is 28.3 Å². The van der Waals surface area contributed by atoms with Crippen LogP contribution in [0.15, 0.2) is 65.7 Å². The van der Waals surface area contributed by atoms with Crippen LogP contribution in [0.4, 0.5) is 0 Å². The minimum absolute atomic E-state index is 0.0857. The summed E-state index contributed by atoms with van der Waals surface area (Å²) in [6, 6.07) is 15.4. The van der Waals surface area contributed by atoms with Crippen LogP contribution in [0.3, 0.4) is 0 Å². The van der Waals surface area contributed by atoms with Gasteiger partial charge in [0.05, 0.1) is 11.4 Å². The lowest BCUT2D eigenvalue weighted by atomic mass is 9.98. The van der Waals surface area contributed by atoms with E-state index in [1.807, 2.05) is 42.6 Å². The van der Waals surface area contributed by atoms with E-state index in [1.165, 1.54) is 5.56 Å². The second-order valence-electron chi connectivity index (χ2n) is 7.59. The smallest absolute Gasteiger partial charge is 0.255 e. The zero-order valence-electron chi connectivity index (χ0n) is 17.2. The molecule has 3 heterocycles. The van der Waals surface area contributed by atoms with E-state index in [2.05, 4.69) is 32.0 Å². The van der Waals surface area contributed by atoms with Crippen LogP contribution < -0.4 is 10.3 Å². The third-order valence-corrected chi connectivity index (χ3v) is 5.31. The Morgan fingerprint density at radius 3 is 2.59 bits per heavy atom. The molecule has 0 unspecified atom stereocenters. The van der Waals surface area contributed by atoms with Gasteiger partial charge in [-0.15, -0.1) is 0 Å². The normalized spacial score (nSPS) is 11.3.